The summed E-state index contributed by atoms with van der Waals surface area (Å²) in [7, 11) is 0. The van der Waals surface area contributed by atoms with E-state index in [4.69, 9.17) is 16.0 Å². The number of nitrogens with one attached hydrogen (secondary N) is 2. The van der Waals surface area contributed by atoms with Gasteiger partial charge >= 0.3 is 6.01 Å². The molecule has 9 heteroatoms. The summed E-state index contributed by atoms with van der Waals surface area (Å²) >= 11 is 5.77. The number of nitro benzene ring substituents is 1. The van der Waals surface area contributed by atoms with E-state index in [2.05, 4.69) is 20.8 Å². The van der Waals surface area contributed by atoms with Gasteiger partial charge in [-0.15, -0.1) is 5.10 Å². The van der Waals surface area contributed by atoms with Crippen molar-refractivity contribution in [3.05, 3.63) is 39.2 Å². The number of halogens is 1. The maximum atomic E-state index is 10.9. The minimum atomic E-state index is -0.541. The van der Waals surface area contributed by atoms with E-state index in [1.165, 1.54) is 12.1 Å². The smallest absolute Gasteiger partial charge is 0.320 e. The van der Waals surface area contributed by atoms with Gasteiger partial charge in [-0.2, -0.15) is 0 Å². The molecule has 1 unspecified atom stereocenters. The summed E-state index contributed by atoms with van der Waals surface area (Å²) in [5, 5.41) is 25.1. The minimum absolute atomic E-state index is 0.0787. The van der Waals surface area contributed by atoms with Crippen molar-refractivity contribution in [2.45, 2.75) is 18.8 Å². The summed E-state index contributed by atoms with van der Waals surface area (Å²) in [6.07, 6.45) is 2.07. The second-order valence-electron chi connectivity index (χ2n) is 5.04. The highest BCUT2D eigenvalue weighted by atomic mass is 35.5. The molecule has 1 aliphatic heterocycles. The predicted octanol–water partition coefficient (Wildman–Crippen LogP) is 2.84. The molecular formula is C13H14ClN5O3. The first-order valence-corrected chi connectivity index (χ1v) is 7.26. The Bertz CT molecular complexity index is 684. The standard InChI is InChI=1S/C13H14ClN5O3/c14-10-4-3-9(6-11(10)19(20)21)16-13-18-17-12(22-13)8-2-1-5-15-7-8/h3-4,6,8,15H,1-2,5,7H2,(H,16,18). The van der Waals surface area contributed by atoms with E-state index in [0.29, 0.717) is 11.6 Å². The Balaban J connectivity index is 1.75. The van der Waals surface area contributed by atoms with E-state index in [9.17, 15) is 10.1 Å². The van der Waals surface area contributed by atoms with Crippen LogP contribution in [0.3, 0.4) is 0 Å². The van der Waals surface area contributed by atoms with E-state index in [-0.39, 0.29) is 22.6 Å². The number of rotatable bonds is 4. The number of hydrogen-bond donors (Lipinski definition) is 2. The summed E-state index contributed by atoms with van der Waals surface area (Å²) < 4.78 is 5.58. The molecular weight excluding hydrogens is 310 g/mol. The molecule has 1 atom stereocenters. The molecule has 3 rings (SSSR count). The summed E-state index contributed by atoms with van der Waals surface area (Å²) in [6.45, 7) is 1.82. The third-order valence-electron chi connectivity index (χ3n) is 3.48. The van der Waals surface area contributed by atoms with Gasteiger partial charge in [0, 0.05) is 24.2 Å². The first-order valence-electron chi connectivity index (χ1n) is 6.88. The lowest BCUT2D eigenvalue weighted by molar-refractivity contribution is -0.384. The Hall–Kier alpha value is -2.19. The highest BCUT2D eigenvalue weighted by molar-refractivity contribution is 6.32. The molecule has 22 heavy (non-hydrogen) atoms. The van der Waals surface area contributed by atoms with Crippen molar-refractivity contribution in [1.29, 1.82) is 0 Å². The third-order valence-corrected chi connectivity index (χ3v) is 3.80. The van der Waals surface area contributed by atoms with Gasteiger partial charge in [0.1, 0.15) is 5.02 Å². The Kier molecular flexibility index (Phi) is 4.21. The normalized spacial score (nSPS) is 18.1. The lowest BCUT2D eigenvalue weighted by Gasteiger charge is -2.18. The molecule has 2 heterocycles. The number of benzene rings is 1. The van der Waals surface area contributed by atoms with E-state index in [0.717, 1.165) is 25.9 Å². The van der Waals surface area contributed by atoms with Crippen LogP contribution in [0, 0.1) is 10.1 Å². The van der Waals surface area contributed by atoms with Crippen molar-refractivity contribution in [1.82, 2.24) is 15.5 Å². The van der Waals surface area contributed by atoms with Crippen LogP contribution in [0.2, 0.25) is 5.02 Å². The lowest BCUT2D eigenvalue weighted by Crippen LogP contribution is -2.28. The average molecular weight is 324 g/mol. The Morgan fingerprint density at radius 1 is 1.45 bits per heavy atom. The number of nitro groups is 1. The third kappa shape index (κ3) is 3.18. The van der Waals surface area contributed by atoms with E-state index in [1.807, 2.05) is 0 Å². The van der Waals surface area contributed by atoms with Crippen LogP contribution in [0.25, 0.3) is 0 Å². The first kappa shape index (κ1) is 14.7. The first-order chi connectivity index (χ1) is 10.6. The molecule has 0 bridgehead atoms. The van der Waals surface area contributed by atoms with Crippen molar-refractivity contribution < 1.29 is 9.34 Å². The molecule has 0 saturated carbocycles. The average Bonchev–Trinajstić information content (AvgIpc) is 2.98. The number of nitrogens with zero attached hydrogens (tertiary/aromatic N) is 3. The fourth-order valence-corrected chi connectivity index (χ4v) is 2.55. The predicted molar refractivity (Wildman–Crippen MR) is 80.5 cm³/mol. The zero-order valence-corrected chi connectivity index (χ0v) is 12.3. The van der Waals surface area contributed by atoms with Gasteiger partial charge in [0.15, 0.2) is 0 Å². The van der Waals surface area contributed by atoms with Gasteiger partial charge in [-0.1, -0.05) is 16.7 Å². The van der Waals surface area contributed by atoms with Gasteiger partial charge in [-0.3, -0.25) is 10.1 Å². The summed E-state index contributed by atoms with van der Waals surface area (Å²) in [4.78, 5) is 10.3. The molecule has 116 valence electrons. The van der Waals surface area contributed by atoms with Crippen LogP contribution >= 0.6 is 11.6 Å². The quantitative estimate of drug-likeness (QED) is 0.658. The number of piperidine rings is 1. The number of aromatic nitrogens is 2. The highest BCUT2D eigenvalue weighted by Gasteiger charge is 2.21. The zero-order chi connectivity index (χ0) is 15.5. The SMILES string of the molecule is O=[N+]([O-])c1cc(Nc2nnc(C3CCCNC3)o2)ccc1Cl. The van der Waals surface area contributed by atoms with Crippen LogP contribution < -0.4 is 10.6 Å². The molecule has 1 fully saturated rings. The Morgan fingerprint density at radius 3 is 3.05 bits per heavy atom. The second-order valence-corrected chi connectivity index (χ2v) is 5.44. The van der Waals surface area contributed by atoms with Crippen LogP contribution in [0.1, 0.15) is 24.7 Å². The van der Waals surface area contributed by atoms with Gasteiger partial charge < -0.3 is 15.1 Å². The number of anilines is 2. The topological polar surface area (TPSA) is 106 Å². The maximum absolute atomic E-state index is 10.9. The summed E-state index contributed by atoms with van der Waals surface area (Å²) in [6, 6.07) is 4.59. The van der Waals surface area contributed by atoms with Crippen molar-refractivity contribution in [2.24, 2.45) is 0 Å². The number of hydrogen-bond acceptors (Lipinski definition) is 7. The second kappa shape index (κ2) is 6.29. The molecule has 0 radical (unpaired) electrons. The summed E-state index contributed by atoms with van der Waals surface area (Å²) in [5.41, 5.74) is 0.288. The van der Waals surface area contributed by atoms with Crippen LogP contribution in [-0.2, 0) is 0 Å². The molecule has 1 aromatic carbocycles. The molecule has 1 aliphatic rings. The van der Waals surface area contributed by atoms with E-state index >= 15 is 0 Å². The van der Waals surface area contributed by atoms with Gasteiger partial charge in [-0.05, 0) is 31.5 Å². The largest absolute Gasteiger partial charge is 0.408 e. The molecule has 2 aromatic rings. The van der Waals surface area contributed by atoms with Gasteiger partial charge in [0.2, 0.25) is 5.89 Å². The molecule has 1 aromatic heterocycles. The van der Waals surface area contributed by atoms with Crippen molar-refractivity contribution >= 4 is 29.0 Å². The van der Waals surface area contributed by atoms with Gasteiger partial charge in [-0.25, -0.2) is 0 Å². The van der Waals surface area contributed by atoms with Gasteiger partial charge in [0.25, 0.3) is 5.69 Å². The Morgan fingerprint density at radius 2 is 2.32 bits per heavy atom. The van der Waals surface area contributed by atoms with Crippen molar-refractivity contribution in [3.8, 4) is 0 Å². The Labute approximate surface area is 131 Å². The summed E-state index contributed by atoms with van der Waals surface area (Å²) in [5.74, 6) is 0.773. The molecule has 0 aliphatic carbocycles. The zero-order valence-electron chi connectivity index (χ0n) is 11.6. The van der Waals surface area contributed by atoms with Crippen LogP contribution in [0.5, 0.6) is 0 Å². The van der Waals surface area contributed by atoms with Crippen LogP contribution in [-0.4, -0.2) is 28.2 Å². The van der Waals surface area contributed by atoms with E-state index < -0.39 is 4.92 Å². The maximum Gasteiger partial charge on any atom is 0.320 e. The minimum Gasteiger partial charge on any atom is -0.408 e. The molecule has 8 nitrogen and oxygen atoms in total. The molecule has 1 saturated heterocycles. The molecule has 2 N–H and O–H groups in total. The molecule has 0 amide bonds. The van der Waals surface area contributed by atoms with Crippen molar-refractivity contribution in [3.63, 3.8) is 0 Å². The van der Waals surface area contributed by atoms with Gasteiger partial charge in [0.05, 0.1) is 4.92 Å². The molecule has 0 spiro atoms. The lowest BCUT2D eigenvalue weighted by atomic mass is 10.00. The highest BCUT2D eigenvalue weighted by Crippen LogP contribution is 2.29. The fraction of sp³-hybridized carbons (Fsp3) is 0.385. The van der Waals surface area contributed by atoms with Crippen molar-refractivity contribution in [2.75, 3.05) is 18.4 Å². The van der Waals surface area contributed by atoms with Crippen LogP contribution in [0.4, 0.5) is 17.4 Å². The monoisotopic (exact) mass is 323 g/mol. The fourth-order valence-electron chi connectivity index (χ4n) is 2.37. The van der Waals surface area contributed by atoms with E-state index in [1.54, 1.807) is 6.07 Å². The van der Waals surface area contributed by atoms with Crippen LogP contribution in [0.15, 0.2) is 22.6 Å².